The van der Waals surface area contributed by atoms with Gasteiger partial charge in [-0.1, -0.05) is 46.1 Å². The van der Waals surface area contributed by atoms with Gasteiger partial charge in [0.05, 0.1) is 34.6 Å². The Balaban J connectivity index is 1.42. The van der Waals surface area contributed by atoms with Crippen LogP contribution in [0.4, 0.5) is 10.1 Å². The number of aryl methyl sites for hydroxylation is 1. The first-order chi connectivity index (χ1) is 19.5. The predicted molar refractivity (Wildman–Crippen MR) is 168 cm³/mol. The maximum Gasteiger partial charge on any atom is 0.124 e. The summed E-state index contributed by atoms with van der Waals surface area (Å²) in [5.41, 5.74) is 8.93. The van der Waals surface area contributed by atoms with E-state index in [0.29, 0.717) is 5.69 Å². The van der Waals surface area contributed by atoms with E-state index in [9.17, 15) is 4.39 Å². The summed E-state index contributed by atoms with van der Waals surface area (Å²) in [5.74, 6) is -0.270. The van der Waals surface area contributed by atoms with Crippen LogP contribution in [0.25, 0.3) is 51.6 Å². The molecule has 0 saturated heterocycles. The smallest absolute Gasteiger partial charge is 0.124 e. The molecule has 5 aromatic rings. The summed E-state index contributed by atoms with van der Waals surface area (Å²) in [6, 6.07) is 9.09. The molecule has 1 aromatic carbocycles. The Labute approximate surface area is 239 Å². The van der Waals surface area contributed by atoms with E-state index in [2.05, 4.69) is 70.5 Å². The Kier molecular flexibility index (Phi) is 7.45. The molecule has 0 aliphatic carbocycles. The molecule has 0 fully saturated rings. The van der Waals surface area contributed by atoms with Gasteiger partial charge < -0.3 is 10.3 Å². The number of hydrogen-bond donors (Lipinski definition) is 3. The van der Waals surface area contributed by atoms with E-state index in [1.807, 2.05) is 44.3 Å². The number of pyridine rings is 2. The molecule has 0 saturated carbocycles. The van der Waals surface area contributed by atoms with Crippen LogP contribution in [0.5, 0.6) is 0 Å². The number of nitrogens with one attached hydrogen (secondary N) is 3. The first kappa shape index (κ1) is 27.8. The average Bonchev–Trinajstić information content (AvgIpc) is 3.48. The van der Waals surface area contributed by atoms with Crippen LogP contribution >= 0.6 is 0 Å². The number of rotatable bonds is 7. The molecule has 5 rings (SSSR count). The van der Waals surface area contributed by atoms with Crippen LogP contribution in [-0.4, -0.2) is 25.1 Å². The number of aromatic nitrogens is 5. The van der Waals surface area contributed by atoms with Gasteiger partial charge in [0, 0.05) is 34.3 Å². The molecule has 0 unspecified atom stereocenters. The lowest BCUT2D eigenvalue weighted by Gasteiger charge is -2.20. The van der Waals surface area contributed by atoms with Crippen LogP contribution in [0.1, 0.15) is 45.2 Å². The number of fused-ring (bicyclic) bond motifs is 1. The summed E-state index contributed by atoms with van der Waals surface area (Å²) in [7, 11) is 0. The Morgan fingerprint density at radius 2 is 1.83 bits per heavy atom. The largest absolute Gasteiger partial charge is 0.358 e. The van der Waals surface area contributed by atoms with Crippen LogP contribution in [-0.2, 0) is 0 Å². The van der Waals surface area contributed by atoms with E-state index in [1.165, 1.54) is 12.1 Å². The highest BCUT2D eigenvalue weighted by molar-refractivity contribution is 5.97. The Morgan fingerprint density at radius 1 is 1.05 bits per heavy atom. The van der Waals surface area contributed by atoms with Crippen LogP contribution < -0.4 is 15.9 Å². The Bertz CT molecular complexity index is 1880. The van der Waals surface area contributed by atoms with Crippen molar-refractivity contribution in [2.75, 3.05) is 5.32 Å². The molecule has 4 aromatic heterocycles. The number of aromatic amines is 2. The SMILES string of the molecule is C=C(CC(C)(C)C)Nc1cncc(/C(C)=C/C=c2/[nH]nc(-c3cc4c(-c5cc(C)cc(F)c5)cncc4[nH]3)c2=C)c1. The van der Waals surface area contributed by atoms with Gasteiger partial charge in [0.25, 0.3) is 0 Å². The minimum Gasteiger partial charge on any atom is -0.358 e. The second-order valence-electron chi connectivity index (χ2n) is 11.8. The second kappa shape index (κ2) is 11.0. The van der Waals surface area contributed by atoms with E-state index >= 15 is 0 Å². The fourth-order valence-corrected chi connectivity index (χ4v) is 4.96. The molecule has 208 valence electrons. The van der Waals surface area contributed by atoms with E-state index in [4.69, 9.17) is 0 Å². The molecule has 0 spiro atoms. The van der Waals surface area contributed by atoms with Crippen molar-refractivity contribution < 1.29 is 4.39 Å². The normalized spacial score (nSPS) is 12.7. The van der Waals surface area contributed by atoms with E-state index in [1.54, 1.807) is 18.6 Å². The zero-order valence-electron chi connectivity index (χ0n) is 24.2. The van der Waals surface area contributed by atoms with Crippen molar-refractivity contribution >= 4 is 34.8 Å². The Hall–Kier alpha value is -4.78. The van der Waals surface area contributed by atoms with Crippen molar-refractivity contribution in [3.63, 3.8) is 0 Å². The number of benzene rings is 1. The molecule has 7 heteroatoms. The summed E-state index contributed by atoms with van der Waals surface area (Å²) in [6.45, 7) is 18.9. The quantitative estimate of drug-likeness (QED) is 0.203. The lowest BCUT2D eigenvalue weighted by Crippen LogP contribution is -2.21. The van der Waals surface area contributed by atoms with Gasteiger partial charge in [-0.25, -0.2) is 4.39 Å². The third-order valence-corrected chi connectivity index (χ3v) is 6.81. The van der Waals surface area contributed by atoms with Gasteiger partial charge in [-0.2, -0.15) is 5.10 Å². The molecular weight excluding hydrogens is 511 g/mol. The number of anilines is 1. The second-order valence-corrected chi connectivity index (χ2v) is 11.8. The van der Waals surface area contributed by atoms with Gasteiger partial charge in [0.2, 0.25) is 0 Å². The summed E-state index contributed by atoms with van der Waals surface area (Å²) >= 11 is 0. The number of nitrogens with zero attached hydrogens (tertiary/aromatic N) is 3. The van der Waals surface area contributed by atoms with Gasteiger partial charge in [-0.15, -0.1) is 0 Å². The lowest BCUT2D eigenvalue weighted by molar-refractivity contribution is 0.411. The molecular formula is C34H35FN6. The summed E-state index contributed by atoms with van der Waals surface area (Å²) in [6.07, 6.45) is 12.0. The van der Waals surface area contributed by atoms with Crippen LogP contribution in [0.3, 0.4) is 0 Å². The molecule has 4 heterocycles. The van der Waals surface area contributed by atoms with Gasteiger partial charge in [-0.3, -0.25) is 15.1 Å². The first-order valence-corrected chi connectivity index (χ1v) is 13.5. The molecule has 41 heavy (non-hydrogen) atoms. The molecule has 0 aliphatic rings. The van der Waals surface area contributed by atoms with E-state index < -0.39 is 0 Å². The predicted octanol–water partition coefficient (Wildman–Crippen LogP) is 7.12. The van der Waals surface area contributed by atoms with E-state index in [-0.39, 0.29) is 11.2 Å². The van der Waals surface area contributed by atoms with Gasteiger partial charge in [0.1, 0.15) is 11.5 Å². The highest BCUT2D eigenvalue weighted by Crippen LogP contribution is 2.31. The molecule has 0 radical (unpaired) electrons. The molecule has 0 aliphatic heterocycles. The van der Waals surface area contributed by atoms with Crippen molar-refractivity contribution in [2.45, 2.75) is 41.0 Å². The third-order valence-electron chi connectivity index (χ3n) is 6.81. The standard InChI is InChI=1S/C34H35FN6/c1-20-10-24(12-26(35)11-20)29-18-37-19-32-28(29)14-31(39-32)33-23(4)30(40-41-33)9-8-21(2)25-13-27(17-36-16-25)38-22(3)15-34(5,6)7/h8-14,16-19,38-40H,3-4,15H2,1-2,5-7H3/b21-8+,30-9+. The van der Waals surface area contributed by atoms with Crippen molar-refractivity contribution in [2.24, 2.45) is 5.41 Å². The number of halogens is 1. The van der Waals surface area contributed by atoms with Crippen LogP contribution in [0, 0.1) is 18.2 Å². The maximum atomic E-state index is 14.1. The minimum absolute atomic E-state index is 0.154. The average molecular weight is 547 g/mol. The monoisotopic (exact) mass is 546 g/mol. The van der Waals surface area contributed by atoms with E-state index in [0.717, 1.165) is 72.8 Å². The lowest BCUT2D eigenvalue weighted by atomic mass is 9.91. The maximum absolute atomic E-state index is 14.1. The first-order valence-electron chi connectivity index (χ1n) is 13.5. The number of hydrogen-bond acceptors (Lipinski definition) is 4. The summed E-state index contributed by atoms with van der Waals surface area (Å²) < 4.78 is 14.1. The fourth-order valence-electron chi connectivity index (χ4n) is 4.96. The molecule has 0 bridgehead atoms. The van der Waals surface area contributed by atoms with Gasteiger partial charge in [0.15, 0.2) is 0 Å². The summed E-state index contributed by atoms with van der Waals surface area (Å²) in [4.78, 5) is 12.2. The minimum atomic E-state index is -0.270. The van der Waals surface area contributed by atoms with Crippen LogP contribution in [0.2, 0.25) is 0 Å². The highest BCUT2D eigenvalue weighted by Gasteiger charge is 2.14. The molecule has 0 amide bonds. The zero-order valence-corrected chi connectivity index (χ0v) is 24.2. The molecule has 6 nitrogen and oxygen atoms in total. The third kappa shape index (κ3) is 6.35. The van der Waals surface area contributed by atoms with Crippen molar-refractivity contribution in [3.05, 3.63) is 101 Å². The number of allylic oxidation sites excluding steroid dienone is 3. The fraction of sp³-hybridized carbons (Fsp3) is 0.206. The Morgan fingerprint density at radius 3 is 2.59 bits per heavy atom. The van der Waals surface area contributed by atoms with Gasteiger partial charge in [-0.05, 0) is 78.3 Å². The van der Waals surface area contributed by atoms with Crippen LogP contribution in [0.15, 0.2) is 73.5 Å². The van der Waals surface area contributed by atoms with Crippen molar-refractivity contribution in [3.8, 4) is 22.5 Å². The molecule has 3 N–H and O–H groups in total. The van der Waals surface area contributed by atoms with Crippen molar-refractivity contribution in [1.29, 1.82) is 0 Å². The van der Waals surface area contributed by atoms with Gasteiger partial charge >= 0.3 is 0 Å². The highest BCUT2D eigenvalue weighted by atomic mass is 19.1. The summed E-state index contributed by atoms with van der Waals surface area (Å²) in [5, 5.41) is 13.5. The van der Waals surface area contributed by atoms with Crippen molar-refractivity contribution in [1.82, 2.24) is 25.1 Å². The zero-order chi connectivity index (χ0) is 29.3. The molecule has 0 atom stereocenters. The topological polar surface area (TPSA) is 82.3 Å². The number of H-pyrrole nitrogens is 2.